The molecule has 1 aliphatic rings. The van der Waals surface area contributed by atoms with Gasteiger partial charge >= 0.3 is 0 Å². The van der Waals surface area contributed by atoms with E-state index in [0.717, 1.165) is 48.3 Å². The zero-order valence-corrected chi connectivity index (χ0v) is 14.2. The summed E-state index contributed by atoms with van der Waals surface area (Å²) in [5.74, 6) is 0.573. The highest BCUT2D eigenvalue weighted by atomic mass is 15.1. The van der Waals surface area contributed by atoms with Crippen LogP contribution in [0.5, 0.6) is 0 Å². The monoisotopic (exact) mass is 318 g/mol. The first-order valence-electron chi connectivity index (χ1n) is 8.51. The fourth-order valence-corrected chi connectivity index (χ4v) is 3.55. The van der Waals surface area contributed by atoms with E-state index in [2.05, 4.69) is 54.2 Å². The lowest BCUT2D eigenvalue weighted by Crippen LogP contribution is -2.27. The molecule has 122 valence electrons. The maximum absolute atomic E-state index is 5.87. The number of rotatable bonds is 2. The van der Waals surface area contributed by atoms with Gasteiger partial charge in [0.25, 0.3) is 0 Å². The van der Waals surface area contributed by atoms with E-state index < -0.39 is 0 Å². The van der Waals surface area contributed by atoms with E-state index in [1.165, 1.54) is 16.6 Å². The van der Waals surface area contributed by atoms with E-state index in [1.807, 2.05) is 6.07 Å². The highest BCUT2D eigenvalue weighted by Gasteiger charge is 2.17. The van der Waals surface area contributed by atoms with Crippen molar-refractivity contribution in [1.29, 1.82) is 0 Å². The van der Waals surface area contributed by atoms with Gasteiger partial charge in [-0.2, -0.15) is 0 Å². The zero-order chi connectivity index (χ0) is 16.7. The molecule has 0 saturated heterocycles. The molecule has 0 spiro atoms. The summed E-state index contributed by atoms with van der Waals surface area (Å²) >= 11 is 0. The smallest absolute Gasteiger partial charge is 0.123 e. The number of hydrogen-bond donors (Lipinski definition) is 1. The van der Waals surface area contributed by atoms with E-state index in [1.54, 1.807) is 0 Å². The second kappa shape index (κ2) is 5.87. The Balaban J connectivity index is 1.94. The number of nitrogen functional groups attached to an aromatic ring is 1. The number of likely N-dealkylation sites (N-methyl/N-ethyl adjacent to an activating group) is 1. The van der Waals surface area contributed by atoms with Gasteiger partial charge in [0, 0.05) is 41.7 Å². The Morgan fingerprint density at radius 3 is 2.83 bits per heavy atom. The molecule has 0 atom stereocenters. The zero-order valence-electron chi connectivity index (χ0n) is 14.2. The fraction of sp³-hybridized carbons (Fsp3) is 0.300. The largest absolute Gasteiger partial charge is 0.384 e. The van der Waals surface area contributed by atoms with E-state index in [-0.39, 0.29) is 0 Å². The first kappa shape index (κ1) is 15.1. The highest BCUT2D eigenvalue weighted by Crippen LogP contribution is 2.32. The SMILES string of the molecule is CCc1nc(N)ccc1-c1cccc2cc3c(nc12)CCN(C)C3. The van der Waals surface area contributed by atoms with Crippen LogP contribution in [0, 0.1) is 0 Å². The average molecular weight is 318 g/mol. The molecule has 0 radical (unpaired) electrons. The maximum Gasteiger partial charge on any atom is 0.123 e. The fourth-order valence-electron chi connectivity index (χ4n) is 3.55. The maximum atomic E-state index is 5.87. The quantitative estimate of drug-likeness (QED) is 0.786. The van der Waals surface area contributed by atoms with Crippen LogP contribution in [0.2, 0.25) is 0 Å². The third kappa shape index (κ3) is 2.53. The standard InChI is InChI=1S/C20H22N4/c1-3-17-15(7-8-19(21)22-17)16-6-4-5-13-11-14-12-24(2)10-9-18(14)23-20(13)16/h4-8,11H,3,9-10,12H2,1-2H3,(H2,21,22). The van der Waals surface area contributed by atoms with Crippen LogP contribution in [0.25, 0.3) is 22.0 Å². The van der Waals surface area contributed by atoms with Crippen molar-refractivity contribution in [2.45, 2.75) is 26.3 Å². The highest BCUT2D eigenvalue weighted by molar-refractivity contribution is 5.94. The van der Waals surface area contributed by atoms with Gasteiger partial charge in [0.15, 0.2) is 0 Å². The molecule has 0 saturated carbocycles. The molecule has 4 nitrogen and oxygen atoms in total. The number of pyridine rings is 2. The second-order valence-electron chi connectivity index (χ2n) is 6.54. The van der Waals surface area contributed by atoms with Gasteiger partial charge in [-0.25, -0.2) is 4.98 Å². The van der Waals surface area contributed by atoms with E-state index >= 15 is 0 Å². The summed E-state index contributed by atoms with van der Waals surface area (Å²) in [5.41, 5.74) is 12.8. The predicted octanol–water partition coefficient (Wildman–Crippen LogP) is 3.43. The summed E-state index contributed by atoms with van der Waals surface area (Å²) in [6.45, 7) is 4.16. The van der Waals surface area contributed by atoms with Crippen molar-refractivity contribution < 1.29 is 0 Å². The third-order valence-electron chi connectivity index (χ3n) is 4.81. The number of aromatic nitrogens is 2. The van der Waals surface area contributed by atoms with Crippen LogP contribution < -0.4 is 5.73 Å². The van der Waals surface area contributed by atoms with Gasteiger partial charge in [-0.05, 0) is 37.2 Å². The number of para-hydroxylation sites is 1. The van der Waals surface area contributed by atoms with Gasteiger partial charge in [0.2, 0.25) is 0 Å². The Morgan fingerprint density at radius 1 is 1.12 bits per heavy atom. The van der Waals surface area contributed by atoms with E-state index in [9.17, 15) is 0 Å². The number of aryl methyl sites for hydroxylation is 1. The van der Waals surface area contributed by atoms with Crippen molar-refractivity contribution in [3.8, 4) is 11.1 Å². The molecular formula is C20H22N4. The van der Waals surface area contributed by atoms with E-state index in [0.29, 0.717) is 5.82 Å². The topological polar surface area (TPSA) is 55.0 Å². The van der Waals surface area contributed by atoms with Crippen molar-refractivity contribution in [2.24, 2.45) is 0 Å². The Morgan fingerprint density at radius 2 is 2.00 bits per heavy atom. The number of nitrogens with two attached hydrogens (primary N) is 1. The molecule has 0 bridgehead atoms. The molecule has 0 fully saturated rings. The minimum absolute atomic E-state index is 0.573. The molecule has 0 amide bonds. The second-order valence-corrected chi connectivity index (χ2v) is 6.54. The Kier molecular flexibility index (Phi) is 3.69. The van der Waals surface area contributed by atoms with Crippen LogP contribution in [0.4, 0.5) is 5.82 Å². The molecule has 0 unspecified atom stereocenters. The van der Waals surface area contributed by atoms with Crippen LogP contribution in [-0.4, -0.2) is 28.5 Å². The summed E-state index contributed by atoms with van der Waals surface area (Å²) in [7, 11) is 2.16. The van der Waals surface area contributed by atoms with Crippen molar-refractivity contribution in [1.82, 2.24) is 14.9 Å². The molecule has 0 aliphatic carbocycles. The number of nitrogens with zero attached hydrogens (tertiary/aromatic N) is 3. The van der Waals surface area contributed by atoms with Crippen LogP contribution in [0.3, 0.4) is 0 Å². The lowest BCUT2D eigenvalue weighted by Gasteiger charge is -2.25. The minimum atomic E-state index is 0.573. The summed E-state index contributed by atoms with van der Waals surface area (Å²) in [5, 5.41) is 1.19. The molecular weight excluding hydrogens is 296 g/mol. The summed E-state index contributed by atoms with van der Waals surface area (Å²) in [6, 6.07) is 12.6. The summed E-state index contributed by atoms with van der Waals surface area (Å²) < 4.78 is 0. The first-order chi connectivity index (χ1) is 11.7. The van der Waals surface area contributed by atoms with Crippen molar-refractivity contribution in [3.05, 3.63) is 53.3 Å². The number of hydrogen-bond acceptors (Lipinski definition) is 4. The number of benzene rings is 1. The Bertz CT molecular complexity index is 917. The van der Waals surface area contributed by atoms with Gasteiger partial charge in [0.1, 0.15) is 5.82 Å². The van der Waals surface area contributed by atoms with Crippen molar-refractivity contribution in [2.75, 3.05) is 19.3 Å². The number of anilines is 1. The van der Waals surface area contributed by atoms with Crippen molar-refractivity contribution in [3.63, 3.8) is 0 Å². The molecule has 4 rings (SSSR count). The first-order valence-corrected chi connectivity index (χ1v) is 8.51. The molecule has 2 aromatic heterocycles. The lowest BCUT2D eigenvalue weighted by molar-refractivity contribution is 0.310. The molecule has 2 N–H and O–H groups in total. The van der Waals surface area contributed by atoms with Gasteiger partial charge in [-0.3, -0.25) is 4.98 Å². The Labute approximate surface area is 142 Å². The average Bonchev–Trinajstić information content (AvgIpc) is 2.59. The third-order valence-corrected chi connectivity index (χ3v) is 4.81. The van der Waals surface area contributed by atoms with Crippen LogP contribution in [0.1, 0.15) is 23.9 Å². The molecule has 1 aliphatic heterocycles. The van der Waals surface area contributed by atoms with E-state index in [4.69, 9.17) is 10.7 Å². The predicted molar refractivity (Wildman–Crippen MR) is 98.8 cm³/mol. The summed E-state index contributed by atoms with van der Waals surface area (Å²) in [6.07, 6.45) is 1.86. The molecule has 24 heavy (non-hydrogen) atoms. The minimum Gasteiger partial charge on any atom is -0.384 e. The van der Waals surface area contributed by atoms with Gasteiger partial charge < -0.3 is 10.6 Å². The van der Waals surface area contributed by atoms with Gasteiger partial charge in [0.05, 0.1) is 11.2 Å². The molecule has 4 heteroatoms. The molecule has 1 aromatic carbocycles. The summed E-state index contributed by atoms with van der Waals surface area (Å²) in [4.78, 5) is 11.9. The molecule has 3 aromatic rings. The van der Waals surface area contributed by atoms with Crippen LogP contribution >= 0.6 is 0 Å². The van der Waals surface area contributed by atoms with Gasteiger partial charge in [-0.1, -0.05) is 25.1 Å². The van der Waals surface area contributed by atoms with Crippen molar-refractivity contribution >= 4 is 16.7 Å². The number of fused-ring (bicyclic) bond motifs is 2. The Hall–Kier alpha value is -2.46. The normalized spacial score (nSPS) is 14.8. The lowest BCUT2D eigenvalue weighted by atomic mass is 9.97. The van der Waals surface area contributed by atoms with Crippen LogP contribution in [-0.2, 0) is 19.4 Å². The van der Waals surface area contributed by atoms with Crippen LogP contribution in [0.15, 0.2) is 36.4 Å². The van der Waals surface area contributed by atoms with Gasteiger partial charge in [-0.15, -0.1) is 0 Å². The molecule has 3 heterocycles.